The third-order valence-corrected chi connectivity index (χ3v) is 4.55. The third kappa shape index (κ3) is 3.19. The molecule has 5 atom stereocenters. The van der Waals surface area contributed by atoms with Crippen LogP contribution in [0.2, 0.25) is 0 Å². The lowest BCUT2D eigenvalue weighted by Gasteiger charge is -2.40. The summed E-state index contributed by atoms with van der Waals surface area (Å²) >= 11 is 0. The molecule has 0 aromatic carbocycles. The molecule has 112 valence electrons. The molecule has 2 aliphatic rings. The zero-order valence-electron chi connectivity index (χ0n) is 10.4. The molecule has 0 spiro atoms. The zero-order valence-corrected chi connectivity index (χ0v) is 10.4. The van der Waals surface area contributed by atoms with Gasteiger partial charge in [-0.25, -0.2) is 26.3 Å². The highest BCUT2D eigenvalue weighted by Gasteiger charge is 2.47. The van der Waals surface area contributed by atoms with E-state index in [9.17, 15) is 26.3 Å². The Bertz CT molecular complexity index is 285. The highest BCUT2D eigenvalue weighted by atomic mass is 19.3. The Labute approximate surface area is 108 Å². The molecule has 2 fully saturated rings. The van der Waals surface area contributed by atoms with Gasteiger partial charge in [0.25, 0.3) is 0 Å². The summed E-state index contributed by atoms with van der Waals surface area (Å²) < 4.78 is 79.1. The van der Waals surface area contributed by atoms with Gasteiger partial charge in [0.15, 0.2) is 0 Å². The smallest absolute Gasteiger partial charge is 0.247 e. The summed E-state index contributed by atoms with van der Waals surface area (Å²) in [5.41, 5.74) is 0. The second-order valence-electron chi connectivity index (χ2n) is 5.77. The summed E-state index contributed by atoms with van der Waals surface area (Å²) in [6.45, 7) is 0. The minimum atomic E-state index is -3.03. The monoisotopic (exact) mass is 288 g/mol. The van der Waals surface area contributed by atoms with Crippen molar-refractivity contribution in [2.24, 2.45) is 17.8 Å². The molecule has 2 saturated carbocycles. The van der Waals surface area contributed by atoms with E-state index in [-0.39, 0.29) is 32.1 Å². The fourth-order valence-electron chi connectivity index (χ4n) is 3.50. The van der Waals surface area contributed by atoms with Crippen LogP contribution in [0.1, 0.15) is 32.1 Å². The lowest BCUT2D eigenvalue weighted by Crippen LogP contribution is -2.44. The Balaban J connectivity index is 2.00. The van der Waals surface area contributed by atoms with Gasteiger partial charge in [-0.05, 0) is 37.5 Å². The van der Waals surface area contributed by atoms with E-state index < -0.39 is 48.9 Å². The van der Waals surface area contributed by atoms with Crippen LogP contribution in [0.4, 0.5) is 26.3 Å². The minimum Gasteiger partial charge on any atom is -0.247 e. The van der Waals surface area contributed by atoms with Crippen molar-refractivity contribution in [1.29, 1.82) is 0 Å². The predicted octanol–water partition coefficient (Wildman–Crippen LogP) is 4.43. The quantitative estimate of drug-likeness (QED) is 0.659. The topological polar surface area (TPSA) is 0 Å². The van der Waals surface area contributed by atoms with E-state index in [0.717, 1.165) is 0 Å². The summed E-state index contributed by atoms with van der Waals surface area (Å²) in [5, 5.41) is 0. The second kappa shape index (κ2) is 5.92. The van der Waals surface area contributed by atoms with Crippen molar-refractivity contribution in [2.45, 2.75) is 63.2 Å². The molecule has 19 heavy (non-hydrogen) atoms. The summed E-state index contributed by atoms with van der Waals surface area (Å²) in [6, 6.07) is 0. The number of halogens is 6. The van der Waals surface area contributed by atoms with E-state index in [1.54, 1.807) is 0 Å². The molecule has 0 N–H and O–H groups in total. The maximum absolute atomic E-state index is 13.8. The van der Waals surface area contributed by atoms with Crippen LogP contribution in [0.5, 0.6) is 0 Å². The Kier molecular flexibility index (Phi) is 4.66. The molecule has 0 aromatic heterocycles. The van der Waals surface area contributed by atoms with Crippen molar-refractivity contribution < 1.29 is 26.3 Å². The third-order valence-electron chi connectivity index (χ3n) is 4.55. The molecule has 0 aromatic rings. The number of hydrogen-bond acceptors (Lipinski definition) is 0. The SMILES string of the molecule is FC1CCC(C2CC(F)C(C(F)F)C(F)C2)C(F)C1. The normalized spacial score (nSPS) is 48.5. The number of hydrogen-bond donors (Lipinski definition) is 0. The first kappa shape index (κ1) is 15.0. The van der Waals surface area contributed by atoms with E-state index in [1.807, 2.05) is 0 Å². The van der Waals surface area contributed by atoms with Crippen LogP contribution in [-0.2, 0) is 0 Å². The summed E-state index contributed by atoms with van der Waals surface area (Å²) in [7, 11) is 0. The molecule has 0 bridgehead atoms. The molecule has 6 heteroatoms. The molecule has 0 amide bonds. The Morgan fingerprint density at radius 1 is 0.737 bits per heavy atom. The van der Waals surface area contributed by atoms with Crippen LogP contribution < -0.4 is 0 Å². The molecular formula is C13H18F6. The maximum atomic E-state index is 13.8. The van der Waals surface area contributed by atoms with Crippen molar-refractivity contribution in [2.75, 3.05) is 0 Å². The van der Waals surface area contributed by atoms with Gasteiger partial charge in [-0.2, -0.15) is 0 Å². The van der Waals surface area contributed by atoms with Crippen molar-refractivity contribution in [3.8, 4) is 0 Å². The van der Waals surface area contributed by atoms with Crippen LogP contribution in [-0.4, -0.2) is 31.1 Å². The van der Waals surface area contributed by atoms with Crippen molar-refractivity contribution >= 4 is 0 Å². The van der Waals surface area contributed by atoms with Crippen LogP contribution in [0.3, 0.4) is 0 Å². The van der Waals surface area contributed by atoms with Crippen LogP contribution in [0, 0.1) is 17.8 Å². The number of rotatable bonds is 2. The largest absolute Gasteiger partial charge is 0.247 e. The second-order valence-corrected chi connectivity index (χ2v) is 5.77. The first-order valence-electron chi connectivity index (χ1n) is 6.74. The fourth-order valence-corrected chi connectivity index (χ4v) is 3.50. The van der Waals surface area contributed by atoms with Crippen molar-refractivity contribution in [3.63, 3.8) is 0 Å². The van der Waals surface area contributed by atoms with E-state index >= 15 is 0 Å². The molecule has 0 saturated heterocycles. The van der Waals surface area contributed by atoms with Gasteiger partial charge in [-0.15, -0.1) is 0 Å². The zero-order chi connectivity index (χ0) is 14.2. The Morgan fingerprint density at radius 3 is 1.79 bits per heavy atom. The van der Waals surface area contributed by atoms with E-state index in [0.29, 0.717) is 0 Å². The van der Waals surface area contributed by atoms with Gasteiger partial charge in [0.1, 0.15) is 24.7 Å². The minimum absolute atomic E-state index is 0.188. The van der Waals surface area contributed by atoms with Gasteiger partial charge in [0.2, 0.25) is 6.43 Å². The number of alkyl halides is 6. The predicted molar refractivity (Wildman–Crippen MR) is 59.1 cm³/mol. The van der Waals surface area contributed by atoms with Gasteiger partial charge < -0.3 is 0 Å². The maximum Gasteiger partial charge on any atom is 0.247 e. The molecular weight excluding hydrogens is 270 g/mol. The van der Waals surface area contributed by atoms with Gasteiger partial charge in [-0.1, -0.05) is 0 Å². The summed E-state index contributed by atoms with van der Waals surface area (Å²) in [4.78, 5) is 0. The average molecular weight is 288 g/mol. The van der Waals surface area contributed by atoms with Crippen molar-refractivity contribution in [3.05, 3.63) is 0 Å². The lowest BCUT2D eigenvalue weighted by atomic mass is 9.69. The Hall–Kier alpha value is -0.420. The van der Waals surface area contributed by atoms with E-state index in [1.165, 1.54) is 0 Å². The highest BCUT2D eigenvalue weighted by molar-refractivity contribution is 4.94. The van der Waals surface area contributed by atoms with Gasteiger partial charge in [-0.3, -0.25) is 0 Å². The van der Waals surface area contributed by atoms with Crippen LogP contribution >= 0.6 is 0 Å². The molecule has 0 heterocycles. The highest BCUT2D eigenvalue weighted by Crippen LogP contribution is 2.45. The van der Waals surface area contributed by atoms with Crippen LogP contribution in [0.25, 0.3) is 0 Å². The molecule has 2 rings (SSSR count). The molecule has 0 aliphatic heterocycles. The molecule has 0 radical (unpaired) electrons. The van der Waals surface area contributed by atoms with Gasteiger partial charge in [0.05, 0.1) is 5.92 Å². The summed E-state index contributed by atoms with van der Waals surface area (Å²) in [6.07, 6.45) is -9.83. The van der Waals surface area contributed by atoms with E-state index in [2.05, 4.69) is 0 Å². The van der Waals surface area contributed by atoms with E-state index in [4.69, 9.17) is 0 Å². The van der Waals surface area contributed by atoms with Gasteiger partial charge >= 0.3 is 0 Å². The first-order valence-corrected chi connectivity index (χ1v) is 6.74. The Morgan fingerprint density at radius 2 is 1.32 bits per heavy atom. The molecule has 5 unspecified atom stereocenters. The lowest BCUT2D eigenvalue weighted by molar-refractivity contribution is -0.0718. The summed E-state index contributed by atoms with van der Waals surface area (Å²) in [5.74, 6) is -3.09. The van der Waals surface area contributed by atoms with Crippen LogP contribution in [0.15, 0.2) is 0 Å². The average Bonchev–Trinajstić information content (AvgIpc) is 2.26. The molecule has 2 aliphatic carbocycles. The molecule has 0 nitrogen and oxygen atoms in total. The van der Waals surface area contributed by atoms with Crippen molar-refractivity contribution in [1.82, 2.24) is 0 Å². The standard InChI is InChI=1S/C13H18F6/c14-7-1-2-8(9(15)5-7)6-3-10(16)12(13(18)19)11(17)4-6/h6-13H,1-5H2. The van der Waals surface area contributed by atoms with Gasteiger partial charge in [0, 0.05) is 6.42 Å². The first-order chi connectivity index (χ1) is 8.90. The fraction of sp³-hybridized carbons (Fsp3) is 1.00.